The minimum Gasteiger partial charge on any atom is -0.497 e. The summed E-state index contributed by atoms with van der Waals surface area (Å²) >= 11 is 1.65. The van der Waals surface area contributed by atoms with Gasteiger partial charge in [-0.3, -0.25) is 0 Å². The zero-order chi connectivity index (χ0) is 17.2. The van der Waals surface area contributed by atoms with E-state index >= 15 is 0 Å². The quantitative estimate of drug-likeness (QED) is 0.494. The average Bonchev–Trinajstić information content (AvgIpc) is 3.38. The standard InChI is InChI=1S/C20H18N2O2S/c1-14-5-10-19(22(14)12-17-4-3-11-24-17)18-13-25-20(21-18)15-6-8-16(23-2)9-7-15/h3-11,13H,12H2,1-2H3. The number of aromatic nitrogens is 2. The number of hydrogen-bond donors (Lipinski definition) is 0. The molecule has 0 N–H and O–H groups in total. The number of ether oxygens (including phenoxy) is 1. The molecule has 126 valence electrons. The molecule has 4 aromatic rings. The molecule has 4 rings (SSSR count). The fourth-order valence-corrected chi connectivity index (χ4v) is 3.64. The van der Waals surface area contributed by atoms with E-state index < -0.39 is 0 Å². The van der Waals surface area contributed by atoms with Gasteiger partial charge in [-0.25, -0.2) is 4.98 Å². The normalized spacial score (nSPS) is 11.0. The minimum absolute atomic E-state index is 0.705. The molecule has 0 fully saturated rings. The highest BCUT2D eigenvalue weighted by atomic mass is 32.1. The van der Waals surface area contributed by atoms with Gasteiger partial charge in [-0.15, -0.1) is 11.3 Å². The number of methoxy groups -OCH3 is 1. The molecule has 0 saturated carbocycles. The van der Waals surface area contributed by atoms with Crippen LogP contribution in [-0.4, -0.2) is 16.7 Å². The van der Waals surface area contributed by atoms with Gasteiger partial charge in [-0.2, -0.15) is 0 Å². The lowest BCUT2D eigenvalue weighted by Crippen LogP contribution is -2.02. The molecule has 0 amide bonds. The zero-order valence-corrected chi connectivity index (χ0v) is 14.9. The van der Waals surface area contributed by atoms with Crippen LogP contribution in [0.3, 0.4) is 0 Å². The molecule has 0 aliphatic rings. The van der Waals surface area contributed by atoms with Crippen LogP contribution in [0.1, 0.15) is 11.5 Å². The summed E-state index contributed by atoms with van der Waals surface area (Å²) in [5.74, 6) is 1.79. The molecule has 0 radical (unpaired) electrons. The largest absolute Gasteiger partial charge is 0.497 e. The van der Waals surface area contributed by atoms with Crippen molar-refractivity contribution in [1.82, 2.24) is 9.55 Å². The summed E-state index contributed by atoms with van der Waals surface area (Å²) in [5.41, 5.74) is 4.36. The van der Waals surface area contributed by atoms with E-state index in [1.807, 2.05) is 36.4 Å². The Bertz CT molecular complexity index is 966. The predicted octanol–water partition coefficient (Wildman–Crippen LogP) is 5.24. The van der Waals surface area contributed by atoms with E-state index in [2.05, 4.69) is 29.0 Å². The zero-order valence-electron chi connectivity index (χ0n) is 14.1. The lowest BCUT2D eigenvalue weighted by Gasteiger charge is -2.08. The molecule has 25 heavy (non-hydrogen) atoms. The smallest absolute Gasteiger partial charge is 0.124 e. The number of furan rings is 1. The lowest BCUT2D eigenvalue weighted by atomic mass is 10.2. The highest BCUT2D eigenvalue weighted by Crippen LogP contribution is 2.31. The number of nitrogens with zero attached hydrogens (tertiary/aromatic N) is 2. The van der Waals surface area contributed by atoms with E-state index in [0.29, 0.717) is 6.54 Å². The maximum atomic E-state index is 5.50. The van der Waals surface area contributed by atoms with Crippen molar-refractivity contribution in [2.24, 2.45) is 0 Å². The van der Waals surface area contributed by atoms with E-state index in [-0.39, 0.29) is 0 Å². The van der Waals surface area contributed by atoms with E-state index in [1.165, 1.54) is 5.69 Å². The van der Waals surface area contributed by atoms with Gasteiger partial charge in [-0.05, 0) is 55.5 Å². The number of rotatable bonds is 5. The first kappa shape index (κ1) is 15.7. The van der Waals surface area contributed by atoms with Crippen LogP contribution in [-0.2, 0) is 6.54 Å². The predicted molar refractivity (Wildman–Crippen MR) is 100 cm³/mol. The number of aryl methyl sites for hydroxylation is 1. The second-order valence-electron chi connectivity index (χ2n) is 5.79. The molecule has 0 bridgehead atoms. The lowest BCUT2D eigenvalue weighted by molar-refractivity contribution is 0.415. The number of hydrogen-bond acceptors (Lipinski definition) is 4. The van der Waals surface area contributed by atoms with Crippen LogP contribution in [0.25, 0.3) is 22.0 Å². The van der Waals surface area contributed by atoms with Gasteiger partial charge in [0.2, 0.25) is 0 Å². The Morgan fingerprint density at radius 2 is 1.96 bits per heavy atom. The monoisotopic (exact) mass is 350 g/mol. The Morgan fingerprint density at radius 1 is 1.12 bits per heavy atom. The van der Waals surface area contributed by atoms with Crippen molar-refractivity contribution < 1.29 is 9.15 Å². The SMILES string of the molecule is COc1ccc(-c2nc(-c3ccc(C)n3Cc3ccco3)cs2)cc1. The molecule has 5 heteroatoms. The second-order valence-corrected chi connectivity index (χ2v) is 6.65. The summed E-state index contributed by atoms with van der Waals surface area (Å²) in [4.78, 5) is 4.84. The van der Waals surface area contributed by atoms with E-state index in [9.17, 15) is 0 Å². The van der Waals surface area contributed by atoms with Crippen molar-refractivity contribution in [3.05, 3.63) is 71.6 Å². The minimum atomic E-state index is 0.705. The molecular weight excluding hydrogens is 332 g/mol. The van der Waals surface area contributed by atoms with Gasteiger partial charge >= 0.3 is 0 Å². The average molecular weight is 350 g/mol. The fourth-order valence-electron chi connectivity index (χ4n) is 2.82. The van der Waals surface area contributed by atoms with Gasteiger partial charge in [-0.1, -0.05) is 0 Å². The maximum Gasteiger partial charge on any atom is 0.124 e. The molecule has 0 saturated heterocycles. The van der Waals surface area contributed by atoms with Gasteiger partial charge in [0, 0.05) is 16.6 Å². The van der Waals surface area contributed by atoms with Crippen molar-refractivity contribution in [2.45, 2.75) is 13.5 Å². The summed E-state index contributed by atoms with van der Waals surface area (Å²) in [7, 11) is 1.67. The molecule has 0 aliphatic carbocycles. The Balaban J connectivity index is 1.66. The third kappa shape index (κ3) is 3.10. The Hall–Kier alpha value is -2.79. The third-order valence-electron chi connectivity index (χ3n) is 4.20. The highest BCUT2D eigenvalue weighted by Gasteiger charge is 2.13. The Kier molecular flexibility index (Phi) is 4.15. The van der Waals surface area contributed by atoms with E-state index in [1.54, 1.807) is 24.7 Å². The van der Waals surface area contributed by atoms with Crippen molar-refractivity contribution >= 4 is 11.3 Å². The van der Waals surface area contributed by atoms with Gasteiger partial charge in [0.25, 0.3) is 0 Å². The van der Waals surface area contributed by atoms with Gasteiger partial charge in [0.05, 0.1) is 31.3 Å². The molecule has 0 atom stereocenters. The van der Waals surface area contributed by atoms with Crippen molar-refractivity contribution in [1.29, 1.82) is 0 Å². The number of thiazole rings is 1. The molecular formula is C20H18N2O2S. The van der Waals surface area contributed by atoms with E-state index in [4.69, 9.17) is 14.1 Å². The molecule has 3 aromatic heterocycles. The summed E-state index contributed by atoms with van der Waals surface area (Å²) in [6.07, 6.45) is 1.71. The Labute approximate surface area is 150 Å². The van der Waals surface area contributed by atoms with Crippen LogP contribution in [0.15, 0.2) is 64.6 Å². The first-order valence-electron chi connectivity index (χ1n) is 8.03. The molecule has 0 aliphatic heterocycles. The van der Waals surface area contributed by atoms with Crippen LogP contribution in [0.2, 0.25) is 0 Å². The first-order chi connectivity index (χ1) is 12.2. The highest BCUT2D eigenvalue weighted by molar-refractivity contribution is 7.13. The van der Waals surface area contributed by atoms with E-state index in [0.717, 1.165) is 33.5 Å². The maximum absolute atomic E-state index is 5.50. The molecule has 1 aromatic carbocycles. The summed E-state index contributed by atoms with van der Waals surface area (Å²) < 4.78 is 12.9. The molecule has 0 spiro atoms. The van der Waals surface area contributed by atoms with Gasteiger partial charge in [0.15, 0.2) is 0 Å². The molecule has 0 unspecified atom stereocenters. The number of benzene rings is 1. The Morgan fingerprint density at radius 3 is 2.68 bits per heavy atom. The van der Waals surface area contributed by atoms with Crippen LogP contribution in [0, 0.1) is 6.92 Å². The van der Waals surface area contributed by atoms with Crippen LogP contribution in [0.5, 0.6) is 5.75 Å². The summed E-state index contributed by atoms with van der Waals surface area (Å²) in [5, 5.41) is 3.11. The second kappa shape index (κ2) is 6.61. The summed E-state index contributed by atoms with van der Waals surface area (Å²) in [6, 6.07) is 16.1. The summed E-state index contributed by atoms with van der Waals surface area (Å²) in [6.45, 7) is 2.81. The molecule has 3 heterocycles. The fraction of sp³-hybridized carbons (Fsp3) is 0.150. The van der Waals surface area contributed by atoms with Gasteiger partial charge in [0.1, 0.15) is 16.5 Å². The van der Waals surface area contributed by atoms with Crippen LogP contribution < -0.4 is 4.74 Å². The molecule has 4 nitrogen and oxygen atoms in total. The van der Waals surface area contributed by atoms with Crippen LogP contribution in [0.4, 0.5) is 0 Å². The van der Waals surface area contributed by atoms with Crippen molar-refractivity contribution in [3.63, 3.8) is 0 Å². The van der Waals surface area contributed by atoms with Gasteiger partial charge < -0.3 is 13.7 Å². The third-order valence-corrected chi connectivity index (χ3v) is 5.09. The first-order valence-corrected chi connectivity index (χ1v) is 8.91. The van der Waals surface area contributed by atoms with Crippen LogP contribution >= 0.6 is 11.3 Å². The topological polar surface area (TPSA) is 40.2 Å². The van der Waals surface area contributed by atoms with Crippen molar-refractivity contribution in [3.8, 4) is 27.7 Å². The van der Waals surface area contributed by atoms with Crippen molar-refractivity contribution in [2.75, 3.05) is 7.11 Å².